The Balaban J connectivity index is 1.63. The van der Waals surface area contributed by atoms with Crippen LogP contribution in [0.15, 0.2) is 6.20 Å². The molecule has 19 heavy (non-hydrogen) atoms. The molecule has 1 saturated carbocycles. The van der Waals surface area contributed by atoms with Gasteiger partial charge in [0.1, 0.15) is 5.82 Å². The Kier molecular flexibility index (Phi) is 3.00. The summed E-state index contributed by atoms with van der Waals surface area (Å²) in [6.45, 7) is 2.57. The highest BCUT2D eigenvalue weighted by Crippen LogP contribution is 2.32. The SMILES string of the molecule is CCc1cn[nH]c1NC(=O)C1CC(=O)N(C2CC2)C1. The van der Waals surface area contributed by atoms with Gasteiger partial charge in [-0.3, -0.25) is 14.7 Å². The summed E-state index contributed by atoms with van der Waals surface area (Å²) in [4.78, 5) is 25.9. The smallest absolute Gasteiger partial charge is 0.230 e. The molecule has 0 bridgehead atoms. The lowest BCUT2D eigenvalue weighted by Gasteiger charge is -2.15. The van der Waals surface area contributed by atoms with Crippen LogP contribution in [0.1, 0.15) is 31.7 Å². The second-order valence-electron chi connectivity index (χ2n) is 5.29. The minimum absolute atomic E-state index is 0.0875. The monoisotopic (exact) mass is 262 g/mol. The topological polar surface area (TPSA) is 78.1 Å². The van der Waals surface area contributed by atoms with Crippen LogP contribution in [0.25, 0.3) is 0 Å². The second kappa shape index (κ2) is 4.68. The molecule has 1 saturated heterocycles. The highest BCUT2D eigenvalue weighted by Gasteiger charge is 2.41. The molecule has 2 fully saturated rings. The first kappa shape index (κ1) is 12.2. The number of likely N-dealkylation sites (tertiary alicyclic amines) is 1. The summed E-state index contributed by atoms with van der Waals surface area (Å²) < 4.78 is 0. The van der Waals surface area contributed by atoms with Crippen molar-refractivity contribution in [1.82, 2.24) is 15.1 Å². The number of aromatic nitrogens is 2. The number of anilines is 1. The average Bonchev–Trinajstić information content (AvgIpc) is 3.02. The quantitative estimate of drug-likeness (QED) is 0.847. The summed E-state index contributed by atoms with van der Waals surface area (Å²) >= 11 is 0. The Morgan fingerprint density at radius 3 is 3.05 bits per heavy atom. The van der Waals surface area contributed by atoms with Crippen LogP contribution in [-0.2, 0) is 16.0 Å². The fourth-order valence-electron chi connectivity index (χ4n) is 2.56. The van der Waals surface area contributed by atoms with E-state index in [9.17, 15) is 9.59 Å². The Morgan fingerprint density at radius 1 is 1.58 bits per heavy atom. The number of nitrogens with zero attached hydrogens (tertiary/aromatic N) is 2. The highest BCUT2D eigenvalue weighted by atomic mass is 16.2. The number of hydrogen-bond donors (Lipinski definition) is 2. The van der Waals surface area contributed by atoms with Crippen molar-refractivity contribution >= 4 is 17.6 Å². The minimum atomic E-state index is -0.235. The van der Waals surface area contributed by atoms with Crippen LogP contribution in [0.5, 0.6) is 0 Å². The number of nitrogens with one attached hydrogen (secondary N) is 2. The molecule has 0 aromatic carbocycles. The number of carbonyl (C=O) groups is 2. The van der Waals surface area contributed by atoms with Crippen molar-refractivity contribution in [2.45, 2.75) is 38.6 Å². The van der Waals surface area contributed by atoms with Crippen molar-refractivity contribution in [3.63, 3.8) is 0 Å². The van der Waals surface area contributed by atoms with Crippen LogP contribution in [0, 0.1) is 5.92 Å². The van der Waals surface area contributed by atoms with Gasteiger partial charge in [-0.05, 0) is 19.3 Å². The van der Waals surface area contributed by atoms with E-state index in [1.165, 1.54) is 0 Å². The van der Waals surface area contributed by atoms with Gasteiger partial charge < -0.3 is 10.2 Å². The van der Waals surface area contributed by atoms with Gasteiger partial charge >= 0.3 is 0 Å². The highest BCUT2D eigenvalue weighted by molar-refractivity contribution is 5.97. The Morgan fingerprint density at radius 2 is 2.37 bits per heavy atom. The molecular weight excluding hydrogens is 244 g/mol. The number of H-pyrrole nitrogens is 1. The van der Waals surface area contributed by atoms with Crippen molar-refractivity contribution in [1.29, 1.82) is 0 Å². The molecular formula is C13H18N4O2. The van der Waals surface area contributed by atoms with E-state index in [0.29, 0.717) is 24.8 Å². The maximum Gasteiger partial charge on any atom is 0.230 e. The first-order valence-electron chi connectivity index (χ1n) is 6.81. The summed E-state index contributed by atoms with van der Waals surface area (Å²) in [5, 5.41) is 9.56. The van der Waals surface area contributed by atoms with E-state index in [1.807, 2.05) is 11.8 Å². The van der Waals surface area contributed by atoms with E-state index in [2.05, 4.69) is 15.5 Å². The average molecular weight is 262 g/mol. The fraction of sp³-hybridized carbons (Fsp3) is 0.615. The van der Waals surface area contributed by atoms with Crippen molar-refractivity contribution in [2.75, 3.05) is 11.9 Å². The van der Waals surface area contributed by atoms with Gasteiger partial charge in [0.2, 0.25) is 11.8 Å². The van der Waals surface area contributed by atoms with E-state index in [4.69, 9.17) is 0 Å². The summed E-state index contributed by atoms with van der Waals surface area (Å²) in [5.41, 5.74) is 0.983. The van der Waals surface area contributed by atoms with E-state index >= 15 is 0 Å². The van der Waals surface area contributed by atoms with Gasteiger partial charge in [0.05, 0.1) is 12.1 Å². The largest absolute Gasteiger partial charge is 0.339 e. The third-order valence-corrected chi connectivity index (χ3v) is 3.86. The number of rotatable bonds is 4. The number of aromatic amines is 1. The van der Waals surface area contributed by atoms with Crippen molar-refractivity contribution in [3.05, 3.63) is 11.8 Å². The second-order valence-corrected chi connectivity index (χ2v) is 5.29. The first-order valence-corrected chi connectivity index (χ1v) is 6.81. The third kappa shape index (κ3) is 2.34. The molecule has 1 aromatic heterocycles. The van der Waals surface area contributed by atoms with E-state index in [-0.39, 0.29) is 17.7 Å². The van der Waals surface area contributed by atoms with Crippen molar-refractivity contribution < 1.29 is 9.59 Å². The molecule has 2 aliphatic rings. The predicted octanol–water partition coefficient (Wildman–Crippen LogP) is 0.921. The van der Waals surface area contributed by atoms with Gasteiger partial charge in [-0.25, -0.2) is 0 Å². The zero-order chi connectivity index (χ0) is 13.4. The molecule has 1 aromatic rings. The predicted molar refractivity (Wildman–Crippen MR) is 69.4 cm³/mol. The molecule has 2 heterocycles. The number of amides is 2. The minimum Gasteiger partial charge on any atom is -0.339 e. The van der Waals surface area contributed by atoms with Gasteiger partial charge in [0, 0.05) is 24.6 Å². The van der Waals surface area contributed by atoms with Crippen LogP contribution in [0.2, 0.25) is 0 Å². The van der Waals surface area contributed by atoms with Gasteiger partial charge in [0.25, 0.3) is 0 Å². The molecule has 1 aliphatic carbocycles. The van der Waals surface area contributed by atoms with Gasteiger partial charge in [0.15, 0.2) is 0 Å². The molecule has 0 spiro atoms. The van der Waals surface area contributed by atoms with Crippen molar-refractivity contribution in [3.8, 4) is 0 Å². The Hall–Kier alpha value is -1.85. The maximum absolute atomic E-state index is 12.2. The van der Waals surface area contributed by atoms with Crippen LogP contribution in [0.4, 0.5) is 5.82 Å². The van der Waals surface area contributed by atoms with Gasteiger partial charge in [-0.1, -0.05) is 6.92 Å². The molecule has 3 rings (SSSR count). The van der Waals surface area contributed by atoms with Crippen LogP contribution >= 0.6 is 0 Å². The molecule has 0 radical (unpaired) electrons. The molecule has 1 unspecified atom stereocenters. The zero-order valence-electron chi connectivity index (χ0n) is 11.0. The van der Waals surface area contributed by atoms with Crippen LogP contribution in [-0.4, -0.2) is 39.5 Å². The molecule has 6 heteroatoms. The standard InChI is InChI=1S/C13H18N4O2/c1-2-8-6-14-16-12(8)15-13(19)9-5-11(18)17(7-9)10-3-4-10/h6,9-10H,2-5,7H2,1H3,(H2,14,15,16,19). The number of carbonyl (C=O) groups excluding carboxylic acids is 2. The molecule has 2 N–H and O–H groups in total. The lowest BCUT2D eigenvalue weighted by Crippen LogP contribution is -2.30. The lowest BCUT2D eigenvalue weighted by atomic mass is 10.1. The van der Waals surface area contributed by atoms with Crippen LogP contribution in [0.3, 0.4) is 0 Å². The lowest BCUT2D eigenvalue weighted by molar-refractivity contribution is -0.128. The number of hydrogen-bond acceptors (Lipinski definition) is 3. The summed E-state index contributed by atoms with van der Waals surface area (Å²) in [6, 6.07) is 0.392. The number of aryl methyl sites for hydroxylation is 1. The molecule has 2 amide bonds. The zero-order valence-corrected chi connectivity index (χ0v) is 11.0. The molecule has 102 valence electrons. The van der Waals surface area contributed by atoms with E-state index in [1.54, 1.807) is 6.20 Å². The first-order chi connectivity index (χ1) is 9.19. The van der Waals surface area contributed by atoms with Gasteiger partial charge in [-0.2, -0.15) is 5.10 Å². The molecule has 1 atom stereocenters. The fourth-order valence-corrected chi connectivity index (χ4v) is 2.56. The van der Waals surface area contributed by atoms with Crippen molar-refractivity contribution in [2.24, 2.45) is 5.92 Å². The van der Waals surface area contributed by atoms with E-state index in [0.717, 1.165) is 24.8 Å². The Labute approximate surface area is 111 Å². The molecule has 1 aliphatic heterocycles. The Bertz CT molecular complexity index is 506. The summed E-state index contributed by atoms with van der Waals surface area (Å²) in [7, 11) is 0. The normalized spacial score (nSPS) is 22.9. The van der Waals surface area contributed by atoms with Gasteiger partial charge in [-0.15, -0.1) is 0 Å². The molecule has 6 nitrogen and oxygen atoms in total. The van der Waals surface area contributed by atoms with E-state index < -0.39 is 0 Å². The third-order valence-electron chi connectivity index (χ3n) is 3.86. The summed E-state index contributed by atoms with van der Waals surface area (Å²) in [6.07, 6.45) is 5.02. The maximum atomic E-state index is 12.2. The van der Waals surface area contributed by atoms with Crippen LogP contribution < -0.4 is 5.32 Å². The summed E-state index contributed by atoms with van der Waals surface area (Å²) in [5.74, 6) is 0.448.